The number of carbonyl (C=O) groups excluding carboxylic acids is 1. The molecule has 0 radical (unpaired) electrons. The molecule has 1 heterocycles. The summed E-state index contributed by atoms with van der Waals surface area (Å²) >= 11 is 0. The number of carbonyl (C=O) groups is 1. The lowest BCUT2D eigenvalue weighted by molar-refractivity contribution is -0.135. The zero-order valence-corrected chi connectivity index (χ0v) is 13.4. The van der Waals surface area contributed by atoms with Gasteiger partial charge in [0, 0.05) is 19.6 Å². The Labute approximate surface area is 138 Å². The summed E-state index contributed by atoms with van der Waals surface area (Å²) in [6, 6.07) is 20.7. The molecular formula is C20H24N2O. The van der Waals surface area contributed by atoms with Gasteiger partial charge in [0.15, 0.2) is 0 Å². The quantitative estimate of drug-likeness (QED) is 0.890. The molecular weight excluding hydrogens is 284 g/mol. The van der Waals surface area contributed by atoms with E-state index in [1.165, 1.54) is 11.1 Å². The van der Waals surface area contributed by atoms with Crippen molar-refractivity contribution in [1.29, 1.82) is 0 Å². The monoisotopic (exact) mass is 308 g/mol. The molecule has 1 saturated heterocycles. The van der Waals surface area contributed by atoms with E-state index in [9.17, 15) is 4.79 Å². The fourth-order valence-corrected chi connectivity index (χ4v) is 3.10. The van der Waals surface area contributed by atoms with Crippen LogP contribution in [0.2, 0.25) is 0 Å². The molecule has 1 N–H and O–H groups in total. The summed E-state index contributed by atoms with van der Waals surface area (Å²) in [5, 5.41) is 3.30. The maximum atomic E-state index is 12.9. The summed E-state index contributed by atoms with van der Waals surface area (Å²) in [6.45, 7) is 3.24. The lowest BCUT2D eigenvalue weighted by Gasteiger charge is -2.26. The molecule has 120 valence electrons. The van der Waals surface area contributed by atoms with Crippen molar-refractivity contribution in [2.75, 3.05) is 19.6 Å². The molecule has 1 aliphatic heterocycles. The Bertz CT molecular complexity index is 606. The van der Waals surface area contributed by atoms with E-state index in [-0.39, 0.29) is 11.8 Å². The number of amides is 1. The first-order valence-corrected chi connectivity index (χ1v) is 8.40. The van der Waals surface area contributed by atoms with Crippen molar-refractivity contribution < 1.29 is 4.79 Å². The average Bonchev–Trinajstić information content (AvgIpc) is 3.14. The molecule has 3 nitrogen and oxygen atoms in total. The second kappa shape index (κ2) is 7.93. The number of rotatable bonds is 6. The summed E-state index contributed by atoms with van der Waals surface area (Å²) in [4.78, 5) is 14.9. The summed E-state index contributed by atoms with van der Waals surface area (Å²) < 4.78 is 0. The number of hydrogen-bond acceptors (Lipinski definition) is 2. The van der Waals surface area contributed by atoms with Crippen molar-refractivity contribution in [2.45, 2.75) is 19.4 Å². The van der Waals surface area contributed by atoms with E-state index in [0.29, 0.717) is 6.54 Å². The van der Waals surface area contributed by atoms with Crippen LogP contribution in [0.15, 0.2) is 60.7 Å². The van der Waals surface area contributed by atoms with Gasteiger partial charge in [-0.2, -0.15) is 0 Å². The summed E-state index contributed by atoms with van der Waals surface area (Å²) in [7, 11) is 0. The molecule has 1 fully saturated rings. The Morgan fingerprint density at radius 2 is 1.65 bits per heavy atom. The average molecular weight is 308 g/mol. The van der Waals surface area contributed by atoms with Crippen LogP contribution < -0.4 is 5.32 Å². The highest BCUT2D eigenvalue weighted by Crippen LogP contribution is 2.15. The Morgan fingerprint density at radius 1 is 1.00 bits per heavy atom. The lowest BCUT2D eigenvalue weighted by Crippen LogP contribution is -2.38. The van der Waals surface area contributed by atoms with Crippen molar-refractivity contribution in [3.05, 3.63) is 71.8 Å². The third-order valence-corrected chi connectivity index (χ3v) is 4.45. The first kappa shape index (κ1) is 15.8. The minimum Gasteiger partial charge on any atom is -0.338 e. The fraction of sp³-hybridized carbons (Fsp3) is 0.350. The Hall–Kier alpha value is -2.13. The van der Waals surface area contributed by atoms with Gasteiger partial charge in [-0.3, -0.25) is 4.79 Å². The largest absolute Gasteiger partial charge is 0.338 e. The van der Waals surface area contributed by atoms with Crippen molar-refractivity contribution in [2.24, 2.45) is 5.92 Å². The number of nitrogens with one attached hydrogen (secondary N) is 1. The maximum Gasteiger partial charge on any atom is 0.227 e. The topological polar surface area (TPSA) is 32.3 Å². The number of benzene rings is 2. The standard InChI is InChI=1S/C20H24N2O/c23-20(19-11-13-21-15-19)22(16-18-9-5-2-6-10-18)14-12-17-7-3-1-4-8-17/h1-10,19,21H,11-16H2. The van der Waals surface area contributed by atoms with E-state index >= 15 is 0 Å². The van der Waals surface area contributed by atoms with E-state index < -0.39 is 0 Å². The highest BCUT2D eigenvalue weighted by atomic mass is 16.2. The first-order chi connectivity index (χ1) is 11.3. The van der Waals surface area contributed by atoms with Gasteiger partial charge in [-0.15, -0.1) is 0 Å². The summed E-state index contributed by atoms with van der Waals surface area (Å²) in [6.07, 6.45) is 1.86. The molecule has 0 aliphatic carbocycles. The zero-order chi connectivity index (χ0) is 15.9. The van der Waals surface area contributed by atoms with Gasteiger partial charge in [0.25, 0.3) is 0 Å². The Kier molecular flexibility index (Phi) is 5.43. The van der Waals surface area contributed by atoms with Crippen LogP contribution in [-0.4, -0.2) is 30.4 Å². The van der Waals surface area contributed by atoms with Crippen LogP contribution in [0.5, 0.6) is 0 Å². The lowest BCUT2D eigenvalue weighted by atomic mass is 10.1. The van der Waals surface area contributed by atoms with Crippen LogP contribution >= 0.6 is 0 Å². The van der Waals surface area contributed by atoms with Gasteiger partial charge in [-0.05, 0) is 30.5 Å². The van der Waals surface area contributed by atoms with Crippen molar-refractivity contribution in [3.8, 4) is 0 Å². The summed E-state index contributed by atoms with van der Waals surface area (Å²) in [5.74, 6) is 0.421. The van der Waals surface area contributed by atoms with Crippen LogP contribution in [0.4, 0.5) is 0 Å². The van der Waals surface area contributed by atoms with Crippen LogP contribution in [0.1, 0.15) is 17.5 Å². The molecule has 0 spiro atoms. The van der Waals surface area contributed by atoms with Gasteiger partial charge in [-0.25, -0.2) is 0 Å². The third kappa shape index (κ3) is 4.42. The predicted molar refractivity (Wildman–Crippen MR) is 93.0 cm³/mol. The molecule has 2 aromatic rings. The molecule has 3 heteroatoms. The summed E-state index contributed by atoms with van der Waals surface area (Å²) in [5.41, 5.74) is 2.47. The van der Waals surface area contributed by atoms with E-state index in [0.717, 1.165) is 32.5 Å². The molecule has 0 aromatic heterocycles. The van der Waals surface area contributed by atoms with E-state index in [4.69, 9.17) is 0 Å². The predicted octanol–water partition coefficient (Wildman–Crippen LogP) is 2.87. The van der Waals surface area contributed by atoms with Gasteiger partial charge in [0.05, 0.1) is 5.92 Å². The zero-order valence-electron chi connectivity index (χ0n) is 13.4. The molecule has 1 aliphatic rings. The highest BCUT2D eigenvalue weighted by Gasteiger charge is 2.27. The van der Waals surface area contributed by atoms with Crippen LogP contribution in [0, 0.1) is 5.92 Å². The minimum absolute atomic E-state index is 0.134. The third-order valence-electron chi connectivity index (χ3n) is 4.45. The Balaban J connectivity index is 1.68. The minimum atomic E-state index is 0.134. The molecule has 23 heavy (non-hydrogen) atoms. The van der Waals surface area contributed by atoms with Gasteiger partial charge >= 0.3 is 0 Å². The van der Waals surface area contributed by atoms with E-state index in [1.54, 1.807) is 0 Å². The number of nitrogens with zero attached hydrogens (tertiary/aromatic N) is 1. The van der Waals surface area contributed by atoms with E-state index in [2.05, 4.69) is 41.7 Å². The number of hydrogen-bond donors (Lipinski definition) is 1. The maximum absolute atomic E-state index is 12.9. The normalized spacial score (nSPS) is 17.1. The molecule has 1 atom stereocenters. The van der Waals surface area contributed by atoms with Crippen LogP contribution in [0.3, 0.4) is 0 Å². The molecule has 0 saturated carbocycles. The molecule has 1 unspecified atom stereocenters. The van der Waals surface area contributed by atoms with Gasteiger partial charge < -0.3 is 10.2 Å². The van der Waals surface area contributed by atoms with Gasteiger partial charge in [0.2, 0.25) is 5.91 Å². The highest BCUT2D eigenvalue weighted by molar-refractivity contribution is 5.79. The second-order valence-electron chi connectivity index (χ2n) is 6.17. The van der Waals surface area contributed by atoms with Crippen LogP contribution in [-0.2, 0) is 17.8 Å². The van der Waals surface area contributed by atoms with Crippen molar-refractivity contribution >= 4 is 5.91 Å². The Morgan fingerprint density at radius 3 is 2.26 bits per heavy atom. The fourth-order valence-electron chi connectivity index (χ4n) is 3.10. The van der Waals surface area contributed by atoms with Crippen molar-refractivity contribution in [3.63, 3.8) is 0 Å². The molecule has 3 rings (SSSR count). The SMILES string of the molecule is O=C(C1CCNC1)N(CCc1ccccc1)Cc1ccccc1. The smallest absolute Gasteiger partial charge is 0.227 e. The van der Waals surface area contributed by atoms with Gasteiger partial charge in [0.1, 0.15) is 0 Å². The second-order valence-corrected chi connectivity index (χ2v) is 6.17. The van der Waals surface area contributed by atoms with Crippen LogP contribution in [0.25, 0.3) is 0 Å². The molecule has 1 amide bonds. The molecule has 0 bridgehead atoms. The van der Waals surface area contributed by atoms with Crippen molar-refractivity contribution in [1.82, 2.24) is 10.2 Å². The first-order valence-electron chi connectivity index (χ1n) is 8.40. The molecule has 2 aromatic carbocycles. The van der Waals surface area contributed by atoms with Gasteiger partial charge in [-0.1, -0.05) is 60.7 Å². The van der Waals surface area contributed by atoms with E-state index in [1.807, 2.05) is 29.2 Å².